The Hall–Kier alpha value is -3.34. The molecule has 1 atom stereocenters. The van der Waals surface area contributed by atoms with Gasteiger partial charge in [-0.25, -0.2) is 14.8 Å². The van der Waals surface area contributed by atoms with Crippen LogP contribution in [0.4, 0.5) is 10.5 Å². The van der Waals surface area contributed by atoms with Crippen molar-refractivity contribution in [3.63, 3.8) is 0 Å². The van der Waals surface area contributed by atoms with Crippen molar-refractivity contribution in [1.82, 2.24) is 14.9 Å². The fraction of sp³-hybridized carbons (Fsp3) is 0.333. The number of nitriles is 1. The average Bonchev–Trinajstić information content (AvgIpc) is 2.69. The second-order valence-corrected chi connectivity index (χ2v) is 5.81. The average molecular weight is 353 g/mol. The molecule has 1 aliphatic rings. The number of ether oxygens (including phenoxy) is 2. The fourth-order valence-corrected chi connectivity index (χ4v) is 2.74. The van der Waals surface area contributed by atoms with E-state index in [1.54, 1.807) is 36.3 Å². The van der Waals surface area contributed by atoms with Crippen LogP contribution in [0.3, 0.4) is 0 Å². The number of carbonyl (C=O) groups excluding carboxylic acids is 1. The summed E-state index contributed by atoms with van der Waals surface area (Å²) in [4.78, 5) is 22.2. The molecule has 0 saturated carbocycles. The van der Waals surface area contributed by atoms with Gasteiger partial charge in [0.25, 0.3) is 5.88 Å². The molecule has 1 aromatic carbocycles. The van der Waals surface area contributed by atoms with Crippen LogP contribution < -0.4 is 14.8 Å². The van der Waals surface area contributed by atoms with Gasteiger partial charge >= 0.3 is 6.03 Å². The van der Waals surface area contributed by atoms with Crippen molar-refractivity contribution >= 4 is 11.7 Å². The summed E-state index contributed by atoms with van der Waals surface area (Å²) in [5.41, 5.74) is 0.840. The molecule has 26 heavy (non-hydrogen) atoms. The molecule has 1 fully saturated rings. The predicted octanol–water partition coefficient (Wildman–Crippen LogP) is 2.43. The monoisotopic (exact) mass is 353 g/mol. The molecule has 1 N–H and O–H groups in total. The third-order valence-corrected chi connectivity index (χ3v) is 4.06. The molecule has 1 saturated heterocycles. The van der Waals surface area contributed by atoms with Crippen LogP contribution in [-0.4, -0.2) is 47.2 Å². The Bertz CT molecular complexity index is 803. The highest BCUT2D eigenvalue weighted by Gasteiger charge is 2.26. The van der Waals surface area contributed by atoms with Crippen LogP contribution in [0.1, 0.15) is 18.5 Å². The molecule has 0 spiro atoms. The number of hydrogen-bond donors (Lipinski definition) is 1. The smallest absolute Gasteiger partial charge is 0.321 e. The number of carbonyl (C=O) groups is 1. The number of benzene rings is 1. The first-order chi connectivity index (χ1) is 12.7. The van der Waals surface area contributed by atoms with Crippen molar-refractivity contribution in [2.24, 2.45) is 0 Å². The zero-order chi connectivity index (χ0) is 18.4. The van der Waals surface area contributed by atoms with Crippen LogP contribution >= 0.6 is 0 Å². The minimum atomic E-state index is -0.228. The molecule has 1 aliphatic heterocycles. The van der Waals surface area contributed by atoms with Gasteiger partial charge in [0.05, 0.1) is 13.7 Å². The standard InChI is InChI=1S/C18H19N5O3/c1-25-14-6-4-13(5-7-14)22-18(24)23-10-2-3-15(12-23)26-17-16(11-19)20-8-9-21-17/h4-9,15H,2-3,10,12H2,1H3,(H,22,24). The first kappa shape index (κ1) is 17.5. The molecule has 8 nitrogen and oxygen atoms in total. The first-order valence-corrected chi connectivity index (χ1v) is 8.27. The third kappa shape index (κ3) is 4.19. The number of urea groups is 1. The van der Waals surface area contributed by atoms with E-state index in [9.17, 15) is 4.79 Å². The van der Waals surface area contributed by atoms with E-state index in [4.69, 9.17) is 14.7 Å². The lowest BCUT2D eigenvalue weighted by atomic mass is 10.1. The van der Waals surface area contributed by atoms with Crippen LogP contribution in [0, 0.1) is 11.3 Å². The van der Waals surface area contributed by atoms with Crippen molar-refractivity contribution in [3.8, 4) is 17.7 Å². The van der Waals surface area contributed by atoms with Gasteiger partial charge < -0.3 is 19.7 Å². The number of nitrogens with one attached hydrogen (secondary N) is 1. The molecule has 8 heteroatoms. The Kier molecular flexibility index (Phi) is 5.49. The van der Waals surface area contributed by atoms with Gasteiger partial charge in [0.15, 0.2) is 0 Å². The second kappa shape index (κ2) is 8.16. The molecule has 2 amide bonds. The quantitative estimate of drug-likeness (QED) is 0.906. The number of methoxy groups -OCH3 is 1. The molecule has 0 bridgehead atoms. The number of rotatable bonds is 4. The Morgan fingerprint density at radius 1 is 1.31 bits per heavy atom. The Morgan fingerprint density at radius 3 is 2.81 bits per heavy atom. The van der Waals surface area contributed by atoms with Crippen molar-refractivity contribution < 1.29 is 14.3 Å². The molecule has 3 rings (SSSR count). The maximum Gasteiger partial charge on any atom is 0.321 e. The normalized spacial score (nSPS) is 16.5. The molecule has 0 aliphatic carbocycles. The first-order valence-electron chi connectivity index (χ1n) is 8.27. The van der Waals surface area contributed by atoms with E-state index in [1.165, 1.54) is 12.4 Å². The lowest BCUT2D eigenvalue weighted by molar-refractivity contribution is 0.102. The van der Waals surface area contributed by atoms with Crippen molar-refractivity contribution in [2.45, 2.75) is 18.9 Å². The van der Waals surface area contributed by atoms with Gasteiger partial charge in [-0.15, -0.1) is 0 Å². The fourth-order valence-electron chi connectivity index (χ4n) is 2.74. The van der Waals surface area contributed by atoms with Crippen molar-refractivity contribution in [3.05, 3.63) is 42.4 Å². The predicted molar refractivity (Wildman–Crippen MR) is 94.0 cm³/mol. The summed E-state index contributed by atoms with van der Waals surface area (Å²) in [5.74, 6) is 0.934. The molecule has 1 unspecified atom stereocenters. The molecule has 2 heterocycles. The maximum absolute atomic E-state index is 12.5. The number of piperidine rings is 1. The van der Waals surface area contributed by atoms with Gasteiger partial charge in [-0.1, -0.05) is 0 Å². The van der Waals surface area contributed by atoms with Gasteiger partial charge in [-0.3, -0.25) is 0 Å². The zero-order valence-corrected chi connectivity index (χ0v) is 14.4. The largest absolute Gasteiger partial charge is 0.497 e. The lowest BCUT2D eigenvalue weighted by Crippen LogP contribution is -2.46. The number of nitrogens with zero attached hydrogens (tertiary/aromatic N) is 4. The number of likely N-dealkylation sites (tertiary alicyclic amines) is 1. The van der Waals surface area contributed by atoms with Gasteiger partial charge in [-0.2, -0.15) is 5.26 Å². The van der Waals surface area contributed by atoms with E-state index >= 15 is 0 Å². The highest BCUT2D eigenvalue weighted by molar-refractivity contribution is 5.89. The maximum atomic E-state index is 12.5. The lowest BCUT2D eigenvalue weighted by Gasteiger charge is -2.32. The van der Waals surface area contributed by atoms with Gasteiger partial charge in [0.2, 0.25) is 5.69 Å². The molecule has 1 aromatic heterocycles. The van der Waals surface area contributed by atoms with E-state index in [1.807, 2.05) is 6.07 Å². The highest BCUT2D eigenvalue weighted by Crippen LogP contribution is 2.20. The van der Waals surface area contributed by atoms with Crippen LogP contribution in [0.5, 0.6) is 11.6 Å². The van der Waals surface area contributed by atoms with Gasteiger partial charge in [-0.05, 0) is 37.1 Å². The summed E-state index contributed by atoms with van der Waals surface area (Å²) in [5, 5.41) is 11.9. The van der Waals surface area contributed by atoms with E-state index in [0.717, 1.165) is 18.6 Å². The second-order valence-electron chi connectivity index (χ2n) is 5.81. The van der Waals surface area contributed by atoms with E-state index in [-0.39, 0.29) is 23.7 Å². The minimum absolute atomic E-state index is 0.146. The summed E-state index contributed by atoms with van der Waals surface area (Å²) < 4.78 is 10.9. The Morgan fingerprint density at radius 2 is 2.08 bits per heavy atom. The van der Waals surface area contributed by atoms with Gasteiger partial charge in [0, 0.05) is 24.6 Å². The zero-order valence-electron chi connectivity index (χ0n) is 14.4. The van der Waals surface area contributed by atoms with Crippen molar-refractivity contribution in [1.29, 1.82) is 5.26 Å². The number of anilines is 1. The number of hydrogen-bond acceptors (Lipinski definition) is 6. The number of aromatic nitrogens is 2. The third-order valence-electron chi connectivity index (χ3n) is 4.06. The summed E-state index contributed by atoms with van der Waals surface area (Å²) in [6.45, 7) is 1.07. The molecule has 134 valence electrons. The molecule has 2 aromatic rings. The van der Waals surface area contributed by atoms with Crippen LogP contribution in [0.15, 0.2) is 36.7 Å². The van der Waals surface area contributed by atoms with E-state index in [0.29, 0.717) is 18.8 Å². The van der Waals surface area contributed by atoms with Crippen LogP contribution in [-0.2, 0) is 0 Å². The molecule has 0 radical (unpaired) electrons. The van der Waals surface area contributed by atoms with Gasteiger partial charge in [0.1, 0.15) is 17.9 Å². The summed E-state index contributed by atoms with van der Waals surface area (Å²) in [6.07, 6.45) is 4.29. The minimum Gasteiger partial charge on any atom is -0.497 e. The highest BCUT2D eigenvalue weighted by atomic mass is 16.5. The molecular formula is C18H19N5O3. The van der Waals surface area contributed by atoms with Crippen molar-refractivity contribution in [2.75, 3.05) is 25.5 Å². The summed E-state index contributed by atoms with van der Waals surface area (Å²) in [6, 6.07) is 8.91. The summed E-state index contributed by atoms with van der Waals surface area (Å²) >= 11 is 0. The Balaban J connectivity index is 1.60. The van der Waals surface area contributed by atoms with E-state index in [2.05, 4.69) is 15.3 Å². The van der Waals surface area contributed by atoms with Crippen LogP contribution in [0.2, 0.25) is 0 Å². The summed E-state index contributed by atoms with van der Waals surface area (Å²) in [7, 11) is 1.59. The SMILES string of the molecule is COc1ccc(NC(=O)N2CCCC(Oc3nccnc3C#N)C2)cc1. The number of amides is 2. The molecular weight excluding hydrogens is 334 g/mol. The van der Waals surface area contributed by atoms with Crippen LogP contribution in [0.25, 0.3) is 0 Å². The topological polar surface area (TPSA) is 100 Å². The van der Waals surface area contributed by atoms with E-state index < -0.39 is 0 Å². The Labute approximate surface area is 151 Å².